The van der Waals surface area contributed by atoms with Crippen LogP contribution < -0.4 is 5.32 Å². The molecular weight excluding hydrogens is 358 g/mol. The van der Waals surface area contributed by atoms with Crippen molar-refractivity contribution < 1.29 is 23.9 Å². The van der Waals surface area contributed by atoms with Crippen molar-refractivity contribution in [1.29, 1.82) is 0 Å². The van der Waals surface area contributed by atoms with Gasteiger partial charge in [-0.2, -0.15) is 5.10 Å². The van der Waals surface area contributed by atoms with Crippen LogP contribution in [0.1, 0.15) is 55.6 Å². The van der Waals surface area contributed by atoms with Gasteiger partial charge in [0, 0.05) is 18.0 Å². The van der Waals surface area contributed by atoms with E-state index in [0.29, 0.717) is 10.6 Å². The van der Waals surface area contributed by atoms with Crippen LogP contribution >= 0.6 is 11.3 Å². The standard InChI is InChI=1S/C17H21N3O5S/c1-6-24-16(22)12-8-11(19-20(12)5)14(21)18-15-13(17(23)25-7-2)9(3)10(4)26-15/h8H,6-7H2,1-5H3,(H,18,21). The zero-order valence-electron chi connectivity index (χ0n) is 15.3. The topological polar surface area (TPSA) is 99.5 Å². The summed E-state index contributed by atoms with van der Waals surface area (Å²) in [5.74, 6) is -1.57. The molecule has 0 saturated heterocycles. The van der Waals surface area contributed by atoms with Gasteiger partial charge in [-0.1, -0.05) is 0 Å². The minimum Gasteiger partial charge on any atom is -0.462 e. The van der Waals surface area contributed by atoms with Crippen molar-refractivity contribution in [3.63, 3.8) is 0 Å². The molecule has 0 spiro atoms. The number of aryl methyl sites for hydroxylation is 2. The zero-order valence-corrected chi connectivity index (χ0v) is 16.2. The second-order valence-corrected chi connectivity index (χ2v) is 6.65. The molecule has 0 aromatic carbocycles. The smallest absolute Gasteiger partial charge is 0.356 e. The maximum atomic E-state index is 12.5. The molecule has 0 radical (unpaired) electrons. The number of nitrogens with one attached hydrogen (secondary N) is 1. The summed E-state index contributed by atoms with van der Waals surface area (Å²) in [5.41, 5.74) is 1.32. The Morgan fingerprint density at radius 3 is 2.38 bits per heavy atom. The molecule has 2 aromatic heterocycles. The fourth-order valence-electron chi connectivity index (χ4n) is 2.31. The van der Waals surface area contributed by atoms with Crippen molar-refractivity contribution in [2.45, 2.75) is 27.7 Å². The summed E-state index contributed by atoms with van der Waals surface area (Å²) >= 11 is 1.28. The molecule has 0 aliphatic rings. The van der Waals surface area contributed by atoms with Crippen molar-refractivity contribution in [3.8, 4) is 0 Å². The number of anilines is 1. The first kappa shape index (κ1) is 19.6. The maximum absolute atomic E-state index is 12.5. The van der Waals surface area contributed by atoms with Gasteiger partial charge in [-0.15, -0.1) is 11.3 Å². The normalized spacial score (nSPS) is 10.5. The number of carbonyl (C=O) groups is 3. The summed E-state index contributed by atoms with van der Waals surface area (Å²) in [7, 11) is 1.55. The number of esters is 2. The number of nitrogens with zero attached hydrogens (tertiary/aromatic N) is 2. The van der Waals surface area contributed by atoms with E-state index in [9.17, 15) is 14.4 Å². The average molecular weight is 379 g/mol. The van der Waals surface area contributed by atoms with Crippen LogP contribution in [0.4, 0.5) is 5.00 Å². The Morgan fingerprint density at radius 2 is 1.77 bits per heavy atom. The Kier molecular flexibility index (Phi) is 6.14. The van der Waals surface area contributed by atoms with E-state index in [0.717, 1.165) is 10.4 Å². The highest BCUT2D eigenvalue weighted by atomic mass is 32.1. The summed E-state index contributed by atoms with van der Waals surface area (Å²) in [5, 5.41) is 7.13. The van der Waals surface area contributed by atoms with E-state index in [2.05, 4.69) is 10.4 Å². The molecule has 2 aromatic rings. The van der Waals surface area contributed by atoms with E-state index in [1.54, 1.807) is 27.8 Å². The van der Waals surface area contributed by atoms with Gasteiger partial charge in [-0.05, 0) is 33.3 Å². The van der Waals surface area contributed by atoms with Crippen molar-refractivity contribution in [2.24, 2.45) is 7.05 Å². The van der Waals surface area contributed by atoms with E-state index in [4.69, 9.17) is 9.47 Å². The lowest BCUT2D eigenvalue weighted by atomic mass is 10.1. The number of ether oxygens (including phenoxy) is 2. The van der Waals surface area contributed by atoms with Gasteiger partial charge in [-0.3, -0.25) is 9.48 Å². The average Bonchev–Trinajstić information content (AvgIpc) is 3.09. The predicted octanol–water partition coefficient (Wildman–Crippen LogP) is 2.70. The van der Waals surface area contributed by atoms with Crippen LogP contribution in [0.5, 0.6) is 0 Å². The quantitative estimate of drug-likeness (QED) is 0.775. The Labute approximate surface area is 155 Å². The van der Waals surface area contributed by atoms with Crippen LogP contribution in [0.3, 0.4) is 0 Å². The van der Waals surface area contributed by atoms with Gasteiger partial charge in [0.25, 0.3) is 5.91 Å². The van der Waals surface area contributed by atoms with E-state index < -0.39 is 17.8 Å². The number of hydrogen-bond donors (Lipinski definition) is 1. The highest BCUT2D eigenvalue weighted by Gasteiger charge is 2.24. The molecular formula is C17H21N3O5S. The summed E-state index contributed by atoms with van der Waals surface area (Å²) in [6.45, 7) is 7.53. The lowest BCUT2D eigenvalue weighted by Crippen LogP contribution is -2.15. The molecule has 2 rings (SSSR count). The number of hydrogen-bond acceptors (Lipinski definition) is 7. The molecule has 0 atom stereocenters. The number of carbonyl (C=O) groups excluding carboxylic acids is 3. The van der Waals surface area contributed by atoms with Crippen LogP contribution in [0.2, 0.25) is 0 Å². The first-order valence-electron chi connectivity index (χ1n) is 8.09. The number of aromatic nitrogens is 2. The summed E-state index contributed by atoms with van der Waals surface area (Å²) in [4.78, 5) is 37.5. The Balaban J connectivity index is 2.28. The van der Waals surface area contributed by atoms with Gasteiger partial charge in [0.1, 0.15) is 10.7 Å². The first-order valence-corrected chi connectivity index (χ1v) is 8.91. The third-order valence-electron chi connectivity index (χ3n) is 3.69. The summed E-state index contributed by atoms with van der Waals surface area (Å²) in [6, 6.07) is 1.35. The van der Waals surface area contributed by atoms with Crippen LogP contribution in [-0.2, 0) is 16.5 Å². The molecule has 26 heavy (non-hydrogen) atoms. The van der Waals surface area contributed by atoms with E-state index in [1.165, 1.54) is 22.1 Å². The number of amides is 1. The van der Waals surface area contributed by atoms with Gasteiger partial charge < -0.3 is 14.8 Å². The summed E-state index contributed by atoms with van der Waals surface area (Å²) in [6.07, 6.45) is 0. The SMILES string of the molecule is CCOC(=O)c1c(NC(=O)c2cc(C(=O)OCC)n(C)n2)sc(C)c1C. The van der Waals surface area contributed by atoms with Crippen molar-refractivity contribution in [2.75, 3.05) is 18.5 Å². The fourth-order valence-corrected chi connectivity index (χ4v) is 3.35. The molecule has 0 unspecified atom stereocenters. The first-order chi connectivity index (χ1) is 12.3. The number of thiophene rings is 1. The monoisotopic (exact) mass is 379 g/mol. The predicted molar refractivity (Wildman–Crippen MR) is 96.9 cm³/mol. The Morgan fingerprint density at radius 1 is 1.15 bits per heavy atom. The van der Waals surface area contributed by atoms with Gasteiger partial charge in [0.05, 0.1) is 18.8 Å². The van der Waals surface area contributed by atoms with Crippen molar-refractivity contribution in [3.05, 3.63) is 33.5 Å². The minimum atomic E-state index is -0.559. The molecule has 8 nitrogen and oxygen atoms in total. The van der Waals surface area contributed by atoms with Crippen LogP contribution in [-0.4, -0.2) is 40.8 Å². The third-order valence-corrected chi connectivity index (χ3v) is 4.81. The molecule has 0 bridgehead atoms. The molecule has 1 amide bonds. The Hall–Kier alpha value is -2.68. The lowest BCUT2D eigenvalue weighted by molar-refractivity contribution is 0.0508. The molecule has 0 fully saturated rings. The Bertz CT molecular complexity index is 853. The molecule has 0 aliphatic carbocycles. The van der Waals surface area contributed by atoms with Crippen LogP contribution in [0, 0.1) is 13.8 Å². The maximum Gasteiger partial charge on any atom is 0.356 e. The number of rotatable bonds is 6. The molecule has 140 valence electrons. The molecule has 0 saturated carbocycles. The zero-order chi connectivity index (χ0) is 19.4. The van der Waals surface area contributed by atoms with Crippen molar-refractivity contribution in [1.82, 2.24) is 9.78 Å². The van der Waals surface area contributed by atoms with Crippen LogP contribution in [0.25, 0.3) is 0 Å². The van der Waals surface area contributed by atoms with Gasteiger partial charge in [0.15, 0.2) is 5.69 Å². The summed E-state index contributed by atoms with van der Waals surface area (Å²) < 4.78 is 11.3. The van der Waals surface area contributed by atoms with Gasteiger partial charge >= 0.3 is 11.9 Å². The van der Waals surface area contributed by atoms with Gasteiger partial charge in [0.2, 0.25) is 0 Å². The molecule has 9 heteroatoms. The van der Waals surface area contributed by atoms with E-state index >= 15 is 0 Å². The molecule has 2 heterocycles. The third kappa shape index (κ3) is 3.93. The second-order valence-electron chi connectivity index (χ2n) is 5.42. The fraction of sp³-hybridized carbons (Fsp3) is 0.412. The lowest BCUT2D eigenvalue weighted by Gasteiger charge is -2.06. The van der Waals surface area contributed by atoms with E-state index in [-0.39, 0.29) is 24.6 Å². The largest absolute Gasteiger partial charge is 0.462 e. The van der Waals surface area contributed by atoms with Crippen molar-refractivity contribution >= 4 is 34.2 Å². The minimum absolute atomic E-state index is 0.0501. The highest BCUT2D eigenvalue weighted by molar-refractivity contribution is 7.16. The van der Waals surface area contributed by atoms with Crippen LogP contribution in [0.15, 0.2) is 6.07 Å². The highest BCUT2D eigenvalue weighted by Crippen LogP contribution is 2.33. The second kappa shape index (κ2) is 8.13. The van der Waals surface area contributed by atoms with E-state index in [1.807, 2.05) is 6.92 Å². The molecule has 1 N–H and O–H groups in total. The van der Waals surface area contributed by atoms with Gasteiger partial charge in [-0.25, -0.2) is 9.59 Å². The molecule has 0 aliphatic heterocycles.